The molecule has 0 bridgehead atoms. The molecule has 1 unspecified atom stereocenters. The molecule has 1 amide bonds. The smallest absolute Gasteiger partial charge is 0.238 e. The molecule has 6 heteroatoms. The molecule has 0 radical (unpaired) electrons. The Morgan fingerprint density at radius 2 is 1.72 bits per heavy atom. The number of carbonyl (C=O) groups is 1. The van der Waals surface area contributed by atoms with E-state index >= 15 is 0 Å². The van der Waals surface area contributed by atoms with Crippen molar-refractivity contribution in [3.63, 3.8) is 0 Å². The predicted octanol–water partition coefficient (Wildman–Crippen LogP) is 2.45. The molecule has 0 aliphatic heterocycles. The van der Waals surface area contributed by atoms with Gasteiger partial charge in [0.1, 0.15) is 0 Å². The zero-order valence-electron chi connectivity index (χ0n) is 10.5. The van der Waals surface area contributed by atoms with Crippen LogP contribution in [0.5, 0.6) is 0 Å². The number of halogens is 1. The van der Waals surface area contributed by atoms with Gasteiger partial charge in [0.25, 0.3) is 0 Å². The van der Waals surface area contributed by atoms with Crippen LogP contribution in [0.2, 0.25) is 0 Å². The van der Waals surface area contributed by atoms with Gasteiger partial charge in [-0.05, 0) is 30.2 Å². The molecule has 0 fully saturated rings. The summed E-state index contributed by atoms with van der Waals surface area (Å²) in [5.74, 6) is 0.0393. The second kappa shape index (κ2) is 5.84. The Hall–Kier alpha value is -0.880. The summed E-state index contributed by atoms with van der Waals surface area (Å²) in [6.45, 7) is 3.87. The lowest BCUT2D eigenvalue weighted by Gasteiger charge is -2.13. The molecule has 1 rings (SSSR count). The lowest BCUT2D eigenvalue weighted by Crippen LogP contribution is -2.26. The number of amides is 1. The Balaban J connectivity index is 2.79. The van der Waals surface area contributed by atoms with Crippen molar-refractivity contribution in [3.8, 4) is 0 Å². The molecular weight excluding hydrogens is 318 g/mol. The Kier molecular flexibility index (Phi) is 4.92. The van der Waals surface area contributed by atoms with Crippen LogP contribution in [0.25, 0.3) is 0 Å². The fourth-order valence-corrected chi connectivity index (χ4v) is 2.04. The third-order valence-electron chi connectivity index (χ3n) is 2.39. The third kappa shape index (κ3) is 4.10. The van der Waals surface area contributed by atoms with Crippen LogP contribution < -0.4 is 5.32 Å². The fourth-order valence-electron chi connectivity index (χ4n) is 1.30. The Labute approximate surface area is 116 Å². The van der Waals surface area contributed by atoms with Crippen molar-refractivity contribution in [3.05, 3.63) is 24.3 Å². The maximum atomic E-state index is 11.8. The summed E-state index contributed by atoms with van der Waals surface area (Å²) in [6, 6.07) is 6.11. The van der Waals surface area contributed by atoms with E-state index in [0.29, 0.717) is 5.69 Å². The van der Waals surface area contributed by atoms with Crippen LogP contribution in [0.15, 0.2) is 29.2 Å². The molecule has 1 atom stereocenters. The molecule has 0 heterocycles. The minimum absolute atomic E-state index is 0.142. The summed E-state index contributed by atoms with van der Waals surface area (Å²) in [5.41, 5.74) is 0.581. The van der Waals surface area contributed by atoms with Crippen molar-refractivity contribution < 1.29 is 13.2 Å². The molecule has 0 saturated carbocycles. The van der Waals surface area contributed by atoms with Gasteiger partial charge < -0.3 is 5.32 Å². The fraction of sp³-hybridized carbons (Fsp3) is 0.417. The molecular formula is C12H16BrNO3S. The zero-order valence-corrected chi connectivity index (χ0v) is 12.9. The van der Waals surface area contributed by atoms with Crippen LogP contribution in [0.4, 0.5) is 5.69 Å². The third-order valence-corrected chi connectivity index (χ3v) is 4.99. The first-order valence-corrected chi connectivity index (χ1v) is 8.27. The standard InChI is InChI=1S/C12H16BrNO3S/c1-8(2)11(13)12(15)14-9-4-6-10(7-5-9)18(3,16)17/h4-8,11H,1-3H3,(H,14,15). The average molecular weight is 334 g/mol. The number of sulfone groups is 1. The number of rotatable bonds is 4. The monoisotopic (exact) mass is 333 g/mol. The number of nitrogens with one attached hydrogen (secondary N) is 1. The maximum absolute atomic E-state index is 11.8. The van der Waals surface area contributed by atoms with Gasteiger partial charge in [-0.15, -0.1) is 0 Å². The van der Waals surface area contributed by atoms with E-state index in [-0.39, 0.29) is 21.5 Å². The van der Waals surface area contributed by atoms with Gasteiger partial charge in [0.05, 0.1) is 9.72 Å². The van der Waals surface area contributed by atoms with E-state index in [1.54, 1.807) is 12.1 Å². The van der Waals surface area contributed by atoms with Crippen LogP contribution in [0, 0.1) is 5.92 Å². The number of hydrogen-bond donors (Lipinski definition) is 1. The number of alkyl halides is 1. The van der Waals surface area contributed by atoms with Crippen LogP contribution in [-0.2, 0) is 14.6 Å². The van der Waals surface area contributed by atoms with Crippen molar-refractivity contribution in [1.82, 2.24) is 0 Å². The normalized spacial score (nSPS) is 13.4. The largest absolute Gasteiger partial charge is 0.325 e. The SMILES string of the molecule is CC(C)C(Br)C(=O)Nc1ccc(S(C)(=O)=O)cc1. The van der Waals surface area contributed by atoms with Gasteiger partial charge in [0.2, 0.25) is 5.91 Å². The molecule has 1 aromatic rings. The molecule has 0 aliphatic rings. The summed E-state index contributed by atoms with van der Waals surface area (Å²) < 4.78 is 22.5. The summed E-state index contributed by atoms with van der Waals surface area (Å²) in [5, 5.41) is 2.72. The van der Waals surface area contributed by atoms with Gasteiger partial charge in [0.15, 0.2) is 9.84 Å². The van der Waals surface area contributed by atoms with Gasteiger partial charge in [-0.3, -0.25) is 4.79 Å². The van der Waals surface area contributed by atoms with Crippen LogP contribution >= 0.6 is 15.9 Å². The molecule has 0 spiro atoms. The van der Waals surface area contributed by atoms with Crippen molar-refractivity contribution in [2.24, 2.45) is 5.92 Å². The first-order valence-electron chi connectivity index (χ1n) is 5.47. The summed E-state index contributed by atoms with van der Waals surface area (Å²) in [4.78, 5) is 11.7. The average Bonchev–Trinajstić information content (AvgIpc) is 2.27. The summed E-state index contributed by atoms with van der Waals surface area (Å²) in [6.07, 6.45) is 1.15. The van der Waals surface area contributed by atoms with Gasteiger partial charge in [-0.1, -0.05) is 29.8 Å². The number of hydrogen-bond acceptors (Lipinski definition) is 3. The Morgan fingerprint density at radius 3 is 2.11 bits per heavy atom. The van der Waals surface area contributed by atoms with Crippen molar-refractivity contribution in [2.45, 2.75) is 23.6 Å². The van der Waals surface area contributed by atoms with Crippen molar-refractivity contribution >= 4 is 37.4 Å². The van der Waals surface area contributed by atoms with E-state index in [0.717, 1.165) is 6.26 Å². The first kappa shape index (κ1) is 15.2. The predicted molar refractivity (Wildman–Crippen MR) is 75.7 cm³/mol. The second-order valence-corrected chi connectivity index (χ2v) is 7.43. The Morgan fingerprint density at radius 1 is 1.22 bits per heavy atom. The number of benzene rings is 1. The Bertz CT molecular complexity index is 523. The van der Waals surface area contributed by atoms with E-state index in [1.807, 2.05) is 13.8 Å². The molecule has 100 valence electrons. The quantitative estimate of drug-likeness (QED) is 0.861. The number of carbonyl (C=O) groups excluding carboxylic acids is 1. The van der Waals surface area contributed by atoms with Gasteiger partial charge in [-0.2, -0.15) is 0 Å². The van der Waals surface area contributed by atoms with Crippen LogP contribution in [0.3, 0.4) is 0 Å². The molecule has 0 saturated heterocycles. The van der Waals surface area contributed by atoms with Gasteiger partial charge in [0, 0.05) is 11.9 Å². The van der Waals surface area contributed by atoms with E-state index < -0.39 is 9.84 Å². The van der Waals surface area contributed by atoms with E-state index in [1.165, 1.54) is 12.1 Å². The molecule has 18 heavy (non-hydrogen) atoms. The highest BCUT2D eigenvalue weighted by Gasteiger charge is 2.18. The zero-order chi connectivity index (χ0) is 13.9. The minimum Gasteiger partial charge on any atom is -0.325 e. The van der Waals surface area contributed by atoms with Gasteiger partial charge >= 0.3 is 0 Å². The number of anilines is 1. The lowest BCUT2D eigenvalue weighted by atomic mass is 10.1. The molecule has 0 aliphatic carbocycles. The molecule has 4 nitrogen and oxygen atoms in total. The van der Waals surface area contributed by atoms with Crippen LogP contribution in [0.1, 0.15) is 13.8 Å². The highest BCUT2D eigenvalue weighted by atomic mass is 79.9. The summed E-state index contributed by atoms with van der Waals surface area (Å²) in [7, 11) is -3.20. The molecule has 1 aromatic carbocycles. The molecule has 0 aromatic heterocycles. The lowest BCUT2D eigenvalue weighted by molar-refractivity contribution is -0.116. The van der Waals surface area contributed by atoms with Crippen molar-refractivity contribution in [1.29, 1.82) is 0 Å². The van der Waals surface area contributed by atoms with Gasteiger partial charge in [-0.25, -0.2) is 8.42 Å². The van der Waals surface area contributed by atoms with E-state index in [4.69, 9.17) is 0 Å². The topological polar surface area (TPSA) is 63.2 Å². The maximum Gasteiger partial charge on any atom is 0.238 e. The first-order chi connectivity index (χ1) is 8.21. The van der Waals surface area contributed by atoms with E-state index in [9.17, 15) is 13.2 Å². The van der Waals surface area contributed by atoms with Crippen molar-refractivity contribution in [2.75, 3.05) is 11.6 Å². The molecule has 1 N–H and O–H groups in total. The highest BCUT2D eigenvalue weighted by Crippen LogP contribution is 2.17. The van der Waals surface area contributed by atoms with Crippen LogP contribution in [-0.4, -0.2) is 25.4 Å². The minimum atomic E-state index is -3.20. The summed E-state index contributed by atoms with van der Waals surface area (Å²) >= 11 is 3.30. The second-order valence-electron chi connectivity index (χ2n) is 4.43. The highest BCUT2D eigenvalue weighted by molar-refractivity contribution is 9.10. The van der Waals surface area contributed by atoms with E-state index in [2.05, 4.69) is 21.2 Å².